The molecule has 0 amide bonds. The van der Waals surface area contributed by atoms with Crippen LogP contribution in [0.25, 0.3) is 11.4 Å². The Bertz CT molecular complexity index is 1130. The zero-order chi connectivity index (χ0) is 21.2. The highest BCUT2D eigenvalue weighted by Gasteiger charge is 2.30. The molecule has 3 heterocycles. The monoisotopic (exact) mass is 426 g/mol. The van der Waals surface area contributed by atoms with Gasteiger partial charge in [-0.25, -0.2) is 18.4 Å². The lowest BCUT2D eigenvalue weighted by molar-refractivity contribution is -0.137. The number of aryl methyl sites for hydroxylation is 2. The number of sulfone groups is 1. The second-order valence-electron chi connectivity index (χ2n) is 6.46. The van der Waals surface area contributed by atoms with E-state index in [1.165, 1.54) is 4.68 Å². The van der Waals surface area contributed by atoms with Crippen molar-refractivity contribution >= 4 is 21.5 Å². The Labute approximate surface area is 164 Å². The molecule has 0 unspecified atom stereocenters. The largest absolute Gasteiger partial charge is 0.416 e. The normalized spacial score (nSPS) is 12.2. The molecule has 0 aliphatic rings. The molecule has 12 heteroatoms. The summed E-state index contributed by atoms with van der Waals surface area (Å²) in [7, 11) is -3.14. The molecular weight excluding hydrogens is 409 g/mol. The minimum atomic E-state index is -4.48. The molecule has 0 atom stereocenters. The van der Waals surface area contributed by atoms with Gasteiger partial charge in [0, 0.05) is 12.5 Å². The number of pyridine rings is 2. The standard InChI is InChI=1S/C17H17F3N6O2S/c1-11-7-13(14-10-26(25-24-14)5-6-29(2,27)28)22-16(8-11)23-15-9-12(3-4-21-15)17(18,19)20/h3-4,7-10H,5-6H2,1-2H3,(H,21,22,23). The van der Waals surface area contributed by atoms with Gasteiger partial charge in [0.15, 0.2) is 0 Å². The van der Waals surface area contributed by atoms with Gasteiger partial charge in [0.25, 0.3) is 0 Å². The Morgan fingerprint density at radius 2 is 1.90 bits per heavy atom. The van der Waals surface area contributed by atoms with Gasteiger partial charge in [0.2, 0.25) is 0 Å². The van der Waals surface area contributed by atoms with Gasteiger partial charge >= 0.3 is 6.18 Å². The number of aromatic nitrogens is 5. The van der Waals surface area contributed by atoms with Gasteiger partial charge in [-0.2, -0.15) is 13.2 Å². The van der Waals surface area contributed by atoms with Crippen LogP contribution < -0.4 is 5.32 Å². The average molecular weight is 426 g/mol. The zero-order valence-electron chi connectivity index (χ0n) is 15.5. The highest BCUT2D eigenvalue weighted by atomic mass is 32.2. The van der Waals surface area contributed by atoms with Gasteiger partial charge in [0.1, 0.15) is 27.2 Å². The smallest absolute Gasteiger partial charge is 0.325 e. The minimum Gasteiger partial charge on any atom is -0.325 e. The maximum Gasteiger partial charge on any atom is 0.416 e. The van der Waals surface area contributed by atoms with Gasteiger partial charge in [0.05, 0.1) is 29.8 Å². The molecule has 29 heavy (non-hydrogen) atoms. The third-order valence-electron chi connectivity index (χ3n) is 3.81. The maximum atomic E-state index is 12.9. The van der Waals surface area contributed by atoms with Crippen molar-refractivity contribution in [1.82, 2.24) is 25.0 Å². The van der Waals surface area contributed by atoms with Crippen LogP contribution in [0, 0.1) is 6.92 Å². The molecule has 0 aromatic carbocycles. The third kappa shape index (κ3) is 5.73. The Morgan fingerprint density at radius 3 is 2.59 bits per heavy atom. The number of hydrogen-bond donors (Lipinski definition) is 1. The molecule has 0 spiro atoms. The Morgan fingerprint density at radius 1 is 1.14 bits per heavy atom. The summed E-state index contributed by atoms with van der Waals surface area (Å²) < 4.78 is 62.5. The van der Waals surface area contributed by atoms with Crippen LogP contribution in [0.5, 0.6) is 0 Å². The molecular formula is C17H17F3N6O2S. The number of nitrogens with one attached hydrogen (secondary N) is 1. The molecule has 8 nitrogen and oxygen atoms in total. The first kappa shape index (κ1) is 20.7. The highest BCUT2D eigenvalue weighted by molar-refractivity contribution is 7.90. The fraction of sp³-hybridized carbons (Fsp3) is 0.294. The van der Waals surface area contributed by atoms with E-state index in [0.29, 0.717) is 11.4 Å². The molecule has 0 saturated carbocycles. The molecule has 0 fully saturated rings. The van der Waals surface area contributed by atoms with Gasteiger partial charge in [-0.05, 0) is 36.8 Å². The molecule has 1 N–H and O–H groups in total. The first-order valence-corrected chi connectivity index (χ1v) is 10.4. The number of hydrogen-bond acceptors (Lipinski definition) is 7. The molecule has 154 valence electrons. The van der Waals surface area contributed by atoms with Crippen LogP contribution in [0.4, 0.5) is 24.8 Å². The Hall–Kier alpha value is -3.02. The fourth-order valence-corrected chi connectivity index (χ4v) is 2.97. The number of anilines is 2. The van der Waals surface area contributed by atoms with E-state index < -0.39 is 21.6 Å². The summed E-state index contributed by atoms with van der Waals surface area (Å²) in [6.07, 6.45) is -0.726. The summed E-state index contributed by atoms with van der Waals surface area (Å²) in [6, 6.07) is 5.16. The fourth-order valence-electron chi connectivity index (χ4n) is 2.45. The molecule has 0 aliphatic heterocycles. The summed E-state index contributed by atoms with van der Waals surface area (Å²) in [5.41, 5.74) is 0.805. The first-order chi connectivity index (χ1) is 13.5. The van der Waals surface area contributed by atoms with Crippen molar-refractivity contribution < 1.29 is 21.6 Å². The minimum absolute atomic E-state index is 0.000631. The van der Waals surface area contributed by atoms with E-state index in [-0.39, 0.29) is 23.9 Å². The van der Waals surface area contributed by atoms with E-state index in [4.69, 9.17) is 0 Å². The summed E-state index contributed by atoms with van der Waals surface area (Å²) >= 11 is 0. The Kier molecular flexibility index (Phi) is 5.55. The molecule has 0 saturated heterocycles. The predicted molar refractivity (Wildman–Crippen MR) is 100 cm³/mol. The maximum absolute atomic E-state index is 12.9. The second-order valence-corrected chi connectivity index (χ2v) is 8.72. The van der Waals surface area contributed by atoms with Crippen LogP contribution in [-0.2, 0) is 22.6 Å². The summed E-state index contributed by atoms with van der Waals surface area (Å²) in [5.74, 6) is 0.212. The molecule has 0 bridgehead atoms. The molecule has 3 rings (SSSR count). The molecule has 0 radical (unpaired) electrons. The van der Waals surface area contributed by atoms with Gasteiger partial charge in [-0.3, -0.25) is 4.68 Å². The van der Waals surface area contributed by atoms with Crippen molar-refractivity contribution in [3.05, 3.63) is 47.8 Å². The molecule has 3 aromatic heterocycles. The van der Waals surface area contributed by atoms with E-state index in [1.54, 1.807) is 25.3 Å². The van der Waals surface area contributed by atoms with E-state index in [9.17, 15) is 21.6 Å². The van der Waals surface area contributed by atoms with Crippen LogP contribution in [0.15, 0.2) is 36.7 Å². The number of halogens is 3. The first-order valence-electron chi connectivity index (χ1n) is 8.37. The van der Waals surface area contributed by atoms with Gasteiger partial charge in [-0.1, -0.05) is 5.21 Å². The van der Waals surface area contributed by atoms with Crippen LogP contribution in [0.3, 0.4) is 0 Å². The van der Waals surface area contributed by atoms with Crippen molar-refractivity contribution in [3.63, 3.8) is 0 Å². The van der Waals surface area contributed by atoms with Crippen molar-refractivity contribution in [2.45, 2.75) is 19.6 Å². The van der Waals surface area contributed by atoms with Crippen LogP contribution >= 0.6 is 0 Å². The molecule has 3 aromatic rings. The highest BCUT2D eigenvalue weighted by Crippen LogP contribution is 2.30. The van der Waals surface area contributed by atoms with Gasteiger partial charge < -0.3 is 5.32 Å². The lowest BCUT2D eigenvalue weighted by Crippen LogP contribution is -2.11. The predicted octanol–water partition coefficient (Wildman–Crippen LogP) is 2.85. The Balaban J connectivity index is 1.83. The van der Waals surface area contributed by atoms with E-state index in [1.807, 2.05) is 0 Å². The average Bonchev–Trinajstić information content (AvgIpc) is 3.08. The topological polar surface area (TPSA) is 103 Å². The van der Waals surface area contributed by atoms with Crippen molar-refractivity contribution in [2.24, 2.45) is 0 Å². The summed E-state index contributed by atoms with van der Waals surface area (Å²) in [4.78, 5) is 8.24. The van der Waals surface area contributed by atoms with Crippen LogP contribution in [0.1, 0.15) is 11.1 Å². The van der Waals surface area contributed by atoms with Gasteiger partial charge in [-0.15, -0.1) is 5.10 Å². The third-order valence-corrected chi connectivity index (χ3v) is 4.73. The number of rotatable bonds is 6. The summed E-state index contributed by atoms with van der Waals surface area (Å²) in [5, 5.41) is 10.6. The molecule has 0 aliphatic carbocycles. The van der Waals surface area contributed by atoms with Crippen molar-refractivity contribution in [1.29, 1.82) is 0 Å². The number of alkyl halides is 3. The number of nitrogens with zero attached hydrogens (tertiary/aromatic N) is 5. The summed E-state index contributed by atoms with van der Waals surface area (Å²) in [6.45, 7) is 1.95. The van der Waals surface area contributed by atoms with Crippen LogP contribution in [-0.4, -0.2) is 45.4 Å². The lowest BCUT2D eigenvalue weighted by Gasteiger charge is -2.10. The van der Waals surface area contributed by atoms with Crippen molar-refractivity contribution in [3.8, 4) is 11.4 Å². The van der Waals surface area contributed by atoms with Crippen molar-refractivity contribution in [2.75, 3.05) is 17.3 Å². The lowest BCUT2D eigenvalue weighted by atomic mass is 10.2. The zero-order valence-corrected chi connectivity index (χ0v) is 16.3. The van der Waals surface area contributed by atoms with Crippen LogP contribution in [0.2, 0.25) is 0 Å². The SMILES string of the molecule is Cc1cc(Nc2cc(C(F)(F)F)ccn2)nc(-c2cn(CCS(C)(=O)=O)nn2)c1. The second kappa shape index (κ2) is 7.78. The van der Waals surface area contributed by atoms with E-state index in [0.717, 1.165) is 30.1 Å². The quantitative estimate of drug-likeness (QED) is 0.647. The van der Waals surface area contributed by atoms with E-state index >= 15 is 0 Å². The van der Waals surface area contributed by atoms with E-state index in [2.05, 4.69) is 25.6 Å².